The van der Waals surface area contributed by atoms with Crippen molar-refractivity contribution < 1.29 is 4.39 Å². The Hall–Kier alpha value is -1.57. The summed E-state index contributed by atoms with van der Waals surface area (Å²) in [5.74, 6) is 0.587. The average Bonchev–Trinajstić information content (AvgIpc) is 2.87. The van der Waals surface area contributed by atoms with Crippen LogP contribution in [-0.2, 0) is 20.1 Å². The fourth-order valence-electron chi connectivity index (χ4n) is 2.15. The molecule has 0 aliphatic heterocycles. The van der Waals surface area contributed by atoms with E-state index in [0.717, 1.165) is 18.1 Å². The van der Waals surface area contributed by atoms with Crippen molar-refractivity contribution in [2.45, 2.75) is 13.1 Å². The summed E-state index contributed by atoms with van der Waals surface area (Å²) in [7, 11) is 5.78. The Morgan fingerprint density at radius 3 is 2.50 bits per heavy atom. The molecule has 0 unspecified atom stereocenters. The van der Waals surface area contributed by atoms with Crippen LogP contribution in [0.1, 0.15) is 11.3 Å². The lowest BCUT2D eigenvalue weighted by atomic mass is 10.2. The first-order valence-electron chi connectivity index (χ1n) is 6.86. The molecule has 4 nitrogen and oxygen atoms in total. The number of aromatic nitrogens is 1. The number of aryl methyl sites for hydroxylation is 1. The smallest absolute Gasteiger partial charge is 0.194 e. The summed E-state index contributed by atoms with van der Waals surface area (Å²) in [6.07, 6.45) is 2.03. The van der Waals surface area contributed by atoms with Crippen LogP contribution in [0.15, 0.2) is 47.6 Å². The number of nitrogens with zero attached hydrogens (tertiary/aromatic N) is 3. The van der Waals surface area contributed by atoms with Gasteiger partial charge in [0.1, 0.15) is 5.82 Å². The SMILES string of the molecule is CN=C(NCc1ccc(F)cc1)N(C)Cc1cccn1C.I. The van der Waals surface area contributed by atoms with Gasteiger partial charge >= 0.3 is 0 Å². The Morgan fingerprint density at radius 2 is 1.95 bits per heavy atom. The van der Waals surface area contributed by atoms with Gasteiger partial charge in [-0.25, -0.2) is 4.39 Å². The first kappa shape index (κ1) is 18.5. The topological polar surface area (TPSA) is 32.6 Å². The molecule has 2 aromatic rings. The number of benzene rings is 1. The van der Waals surface area contributed by atoms with Crippen LogP contribution in [0, 0.1) is 5.82 Å². The molecule has 1 aromatic heterocycles. The lowest BCUT2D eigenvalue weighted by Crippen LogP contribution is -2.38. The molecule has 0 atom stereocenters. The van der Waals surface area contributed by atoms with Gasteiger partial charge in [-0.15, -0.1) is 24.0 Å². The molecule has 1 aromatic carbocycles. The maximum atomic E-state index is 12.9. The number of rotatable bonds is 4. The van der Waals surface area contributed by atoms with E-state index < -0.39 is 0 Å². The minimum Gasteiger partial charge on any atom is -0.353 e. The summed E-state index contributed by atoms with van der Waals surface area (Å²) >= 11 is 0. The van der Waals surface area contributed by atoms with E-state index in [2.05, 4.69) is 25.8 Å². The van der Waals surface area contributed by atoms with Crippen LogP contribution >= 0.6 is 24.0 Å². The van der Waals surface area contributed by atoms with Gasteiger partial charge < -0.3 is 14.8 Å². The number of halogens is 2. The van der Waals surface area contributed by atoms with Gasteiger partial charge in [0.2, 0.25) is 0 Å². The zero-order valence-electron chi connectivity index (χ0n) is 13.1. The van der Waals surface area contributed by atoms with Crippen molar-refractivity contribution in [1.29, 1.82) is 0 Å². The minimum atomic E-state index is -0.219. The molecule has 120 valence electrons. The molecule has 1 N–H and O–H groups in total. The largest absolute Gasteiger partial charge is 0.353 e. The molecule has 0 amide bonds. The van der Waals surface area contributed by atoms with E-state index in [-0.39, 0.29) is 29.8 Å². The summed E-state index contributed by atoms with van der Waals surface area (Å²) in [5.41, 5.74) is 2.23. The lowest BCUT2D eigenvalue weighted by Gasteiger charge is -2.22. The van der Waals surface area contributed by atoms with E-state index in [0.29, 0.717) is 6.54 Å². The predicted octanol–water partition coefficient (Wildman–Crippen LogP) is 2.99. The highest BCUT2D eigenvalue weighted by atomic mass is 127. The van der Waals surface area contributed by atoms with Gasteiger partial charge in [0.15, 0.2) is 5.96 Å². The number of hydrogen-bond donors (Lipinski definition) is 1. The van der Waals surface area contributed by atoms with Crippen LogP contribution in [0.4, 0.5) is 4.39 Å². The van der Waals surface area contributed by atoms with Gasteiger partial charge in [0.05, 0.1) is 6.54 Å². The third-order valence-electron chi connectivity index (χ3n) is 3.39. The van der Waals surface area contributed by atoms with Crippen molar-refractivity contribution in [2.75, 3.05) is 14.1 Å². The Balaban J connectivity index is 0.00000242. The van der Waals surface area contributed by atoms with E-state index in [9.17, 15) is 4.39 Å². The Labute approximate surface area is 148 Å². The Morgan fingerprint density at radius 1 is 1.27 bits per heavy atom. The number of aliphatic imine (C=N–C) groups is 1. The molecule has 0 aliphatic rings. The monoisotopic (exact) mass is 416 g/mol. The van der Waals surface area contributed by atoms with Crippen LogP contribution in [0.3, 0.4) is 0 Å². The van der Waals surface area contributed by atoms with Crippen molar-refractivity contribution in [1.82, 2.24) is 14.8 Å². The molecule has 6 heteroatoms. The van der Waals surface area contributed by atoms with Crippen molar-refractivity contribution >= 4 is 29.9 Å². The Kier molecular flexibility index (Phi) is 7.37. The van der Waals surface area contributed by atoms with Gasteiger partial charge in [-0.3, -0.25) is 4.99 Å². The lowest BCUT2D eigenvalue weighted by molar-refractivity contribution is 0.461. The fourth-order valence-corrected chi connectivity index (χ4v) is 2.15. The highest BCUT2D eigenvalue weighted by molar-refractivity contribution is 14.0. The minimum absolute atomic E-state index is 0. The van der Waals surface area contributed by atoms with E-state index in [1.165, 1.54) is 17.8 Å². The maximum absolute atomic E-state index is 12.9. The van der Waals surface area contributed by atoms with Crippen LogP contribution in [0.5, 0.6) is 0 Å². The molecule has 0 radical (unpaired) electrons. The second kappa shape index (κ2) is 8.77. The van der Waals surface area contributed by atoms with E-state index in [1.54, 1.807) is 19.2 Å². The highest BCUT2D eigenvalue weighted by Crippen LogP contribution is 2.05. The van der Waals surface area contributed by atoms with Gasteiger partial charge in [-0.05, 0) is 29.8 Å². The molecule has 0 saturated carbocycles. The highest BCUT2D eigenvalue weighted by Gasteiger charge is 2.08. The molecule has 0 spiro atoms. The van der Waals surface area contributed by atoms with Gasteiger partial charge in [-0.2, -0.15) is 0 Å². The standard InChI is InChI=1S/C16H21FN4.HI/c1-18-16(19-11-13-6-8-14(17)9-7-13)21(3)12-15-5-4-10-20(15)2;/h4-10H,11-12H2,1-3H3,(H,18,19);1H. The third-order valence-corrected chi connectivity index (χ3v) is 3.39. The molecule has 1 heterocycles. The van der Waals surface area contributed by atoms with E-state index in [1.807, 2.05) is 26.4 Å². The summed E-state index contributed by atoms with van der Waals surface area (Å²) in [5, 5.41) is 3.28. The summed E-state index contributed by atoms with van der Waals surface area (Å²) in [4.78, 5) is 6.33. The van der Waals surface area contributed by atoms with E-state index >= 15 is 0 Å². The molecule has 2 rings (SSSR count). The van der Waals surface area contributed by atoms with Crippen molar-refractivity contribution in [3.05, 3.63) is 59.7 Å². The number of guanidine groups is 1. The summed E-state index contributed by atoms with van der Waals surface area (Å²) in [6.45, 7) is 1.39. The van der Waals surface area contributed by atoms with E-state index in [4.69, 9.17) is 0 Å². The molecular formula is C16H22FIN4. The van der Waals surface area contributed by atoms with Gasteiger partial charge in [-0.1, -0.05) is 12.1 Å². The normalized spacial score (nSPS) is 11.0. The van der Waals surface area contributed by atoms with Crippen LogP contribution < -0.4 is 5.32 Å². The van der Waals surface area contributed by atoms with Gasteiger partial charge in [0.25, 0.3) is 0 Å². The third kappa shape index (κ3) is 5.01. The number of hydrogen-bond acceptors (Lipinski definition) is 1. The van der Waals surface area contributed by atoms with Gasteiger partial charge in [0, 0.05) is 39.6 Å². The van der Waals surface area contributed by atoms with Crippen molar-refractivity contribution in [3.8, 4) is 0 Å². The fraction of sp³-hybridized carbons (Fsp3) is 0.312. The van der Waals surface area contributed by atoms with Crippen LogP contribution in [0.25, 0.3) is 0 Å². The second-order valence-electron chi connectivity index (χ2n) is 4.99. The maximum Gasteiger partial charge on any atom is 0.194 e. The van der Waals surface area contributed by atoms with Crippen LogP contribution in [0.2, 0.25) is 0 Å². The first-order chi connectivity index (χ1) is 10.1. The number of nitrogens with one attached hydrogen (secondary N) is 1. The molecule has 22 heavy (non-hydrogen) atoms. The predicted molar refractivity (Wildman–Crippen MR) is 98.9 cm³/mol. The zero-order chi connectivity index (χ0) is 15.2. The van der Waals surface area contributed by atoms with Crippen molar-refractivity contribution in [2.24, 2.45) is 12.0 Å². The summed E-state index contributed by atoms with van der Waals surface area (Å²) in [6, 6.07) is 10.6. The summed E-state index contributed by atoms with van der Waals surface area (Å²) < 4.78 is 15.0. The van der Waals surface area contributed by atoms with Crippen molar-refractivity contribution in [3.63, 3.8) is 0 Å². The zero-order valence-corrected chi connectivity index (χ0v) is 15.4. The molecule has 0 aliphatic carbocycles. The molecule has 0 fully saturated rings. The first-order valence-corrected chi connectivity index (χ1v) is 6.86. The average molecular weight is 416 g/mol. The molecular weight excluding hydrogens is 394 g/mol. The van der Waals surface area contributed by atoms with Crippen LogP contribution in [-0.4, -0.2) is 29.5 Å². The molecule has 0 bridgehead atoms. The second-order valence-corrected chi connectivity index (χ2v) is 4.99. The quantitative estimate of drug-likeness (QED) is 0.472. The molecule has 0 saturated heterocycles. The Bertz CT molecular complexity index is 607.